The van der Waals surface area contributed by atoms with Gasteiger partial charge in [-0.3, -0.25) is 4.79 Å². The van der Waals surface area contributed by atoms with Gasteiger partial charge < -0.3 is 9.47 Å². The van der Waals surface area contributed by atoms with E-state index >= 15 is 0 Å². The Morgan fingerprint density at radius 1 is 1.15 bits per heavy atom. The Bertz CT molecular complexity index is 141. The van der Waals surface area contributed by atoms with Crippen molar-refractivity contribution in [2.45, 2.75) is 27.7 Å². The fourth-order valence-corrected chi connectivity index (χ4v) is 0.687. The lowest BCUT2D eigenvalue weighted by molar-refractivity contribution is -0.148. The normalized spacial score (nSPS) is 10.9. The lowest BCUT2D eigenvalue weighted by atomic mass is 10.2. The molecule has 0 aromatic carbocycles. The van der Waals surface area contributed by atoms with Gasteiger partial charge in [0.1, 0.15) is 6.61 Å². The van der Waals surface area contributed by atoms with E-state index in [1.165, 1.54) is 0 Å². The monoisotopic (exact) mass is 188 g/mol. The second kappa shape index (κ2) is 6.89. The topological polar surface area (TPSA) is 35.5 Å². The Hall–Kier alpha value is -0.570. The maximum atomic E-state index is 11.0. The molecule has 0 rings (SSSR count). The number of hydrogen-bond acceptors (Lipinski definition) is 3. The summed E-state index contributed by atoms with van der Waals surface area (Å²) in [5, 5.41) is 0. The molecule has 13 heavy (non-hydrogen) atoms. The summed E-state index contributed by atoms with van der Waals surface area (Å²) < 4.78 is 10.2. The highest BCUT2D eigenvalue weighted by Crippen LogP contribution is 1.96. The van der Waals surface area contributed by atoms with Crippen molar-refractivity contribution >= 4 is 5.97 Å². The van der Waals surface area contributed by atoms with Crippen molar-refractivity contribution in [2.75, 3.05) is 19.8 Å². The van der Waals surface area contributed by atoms with Gasteiger partial charge in [-0.15, -0.1) is 0 Å². The Kier molecular flexibility index (Phi) is 6.59. The SMILES string of the molecule is CC(C)COCCOC(=O)C(C)C. The van der Waals surface area contributed by atoms with E-state index in [-0.39, 0.29) is 11.9 Å². The predicted octanol–water partition coefficient (Wildman–Crippen LogP) is 1.86. The zero-order valence-corrected chi connectivity index (χ0v) is 9.00. The molecule has 0 N–H and O–H groups in total. The molecule has 0 amide bonds. The van der Waals surface area contributed by atoms with Crippen LogP contribution in [0.25, 0.3) is 0 Å². The van der Waals surface area contributed by atoms with Crippen molar-refractivity contribution in [2.24, 2.45) is 11.8 Å². The van der Waals surface area contributed by atoms with Crippen LogP contribution in [-0.4, -0.2) is 25.8 Å². The number of rotatable bonds is 6. The van der Waals surface area contributed by atoms with E-state index in [1.54, 1.807) is 0 Å². The quantitative estimate of drug-likeness (QED) is 0.471. The molecule has 78 valence electrons. The Labute approximate surface area is 80.4 Å². The summed E-state index contributed by atoms with van der Waals surface area (Å²) >= 11 is 0. The predicted molar refractivity (Wildman–Crippen MR) is 51.5 cm³/mol. The van der Waals surface area contributed by atoms with Gasteiger partial charge in [0.15, 0.2) is 0 Å². The molecule has 0 bridgehead atoms. The molecule has 3 heteroatoms. The van der Waals surface area contributed by atoms with Gasteiger partial charge in [0.25, 0.3) is 0 Å². The third-order valence-corrected chi connectivity index (χ3v) is 1.39. The lowest BCUT2D eigenvalue weighted by Gasteiger charge is -2.08. The largest absolute Gasteiger partial charge is 0.463 e. The van der Waals surface area contributed by atoms with E-state index in [0.29, 0.717) is 19.1 Å². The molecule has 0 aromatic heterocycles. The number of hydrogen-bond donors (Lipinski definition) is 0. The van der Waals surface area contributed by atoms with Crippen LogP contribution >= 0.6 is 0 Å². The van der Waals surface area contributed by atoms with Crippen LogP contribution in [0, 0.1) is 11.8 Å². The maximum Gasteiger partial charge on any atom is 0.308 e. The molecule has 0 saturated carbocycles. The number of carbonyl (C=O) groups excluding carboxylic acids is 1. The van der Waals surface area contributed by atoms with E-state index < -0.39 is 0 Å². The summed E-state index contributed by atoms with van der Waals surface area (Å²) in [6.07, 6.45) is 0. The minimum absolute atomic E-state index is 0.0508. The van der Waals surface area contributed by atoms with E-state index in [0.717, 1.165) is 6.61 Å². The average molecular weight is 188 g/mol. The zero-order valence-electron chi connectivity index (χ0n) is 9.00. The Morgan fingerprint density at radius 2 is 1.77 bits per heavy atom. The third-order valence-electron chi connectivity index (χ3n) is 1.39. The van der Waals surface area contributed by atoms with Gasteiger partial charge >= 0.3 is 5.97 Å². The molecule has 0 aliphatic carbocycles. The van der Waals surface area contributed by atoms with Gasteiger partial charge in [-0.2, -0.15) is 0 Å². The van der Waals surface area contributed by atoms with Gasteiger partial charge in [-0.25, -0.2) is 0 Å². The van der Waals surface area contributed by atoms with Crippen molar-refractivity contribution in [1.29, 1.82) is 0 Å². The standard InChI is InChI=1S/C10H20O3/c1-8(2)7-12-5-6-13-10(11)9(3)4/h8-9H,5-7H2,1-4H3. The molecule has 0 heterocycles. The van der Waals surface area contributed by atoms with Crippen LogP contribution < -0.4 is 0 Å². The van der Waals surface area contributed by atoms with Crippen LogP contribution in [0.1, 0.15) is 27.7 Å². The summed E-state index contributed by atoms with van der Waals surface area (Å²) in [7, 11) is 0. The fraction of sp³-hybridized carbons (Fsp3) is 0.900. The highest BCUT2D eigenvalue weighted by molar-refractivity contribution is 5.71. The van der Waals surface area contributed by atoms with Gasteiger partial charge in [0, 0.05) is 6.61 Å². The zero-order chi connectivity index (χ0) is 10.3. The van der Waals surface area contributed by atoms with Crippen LogP contribution in [0.2, 0.25) is 0 Å². The molecule has 0 aromatic rings. The van der Waals surface area contributed by atoms with E-state index in [4.69, 9.17) is 9.47 Å². The first kappa shape index (κ1) is 12.4. The van der Waals surface area contributed by atoms with Gasteiger partial charge in [0.05, 0.1) is 12.5 Å². The molecule has 0 fully saturated rings. The van der Waals surface area contributed by atoms with E-state index in [2.05, 4.69) is 13.8 Å². The van der Waals surface area contributed by atoms with Crippen LogP contribution in [0.15, 0.2) is 0 Å². The number of carbonyl (C=O) groups is 1. The highest BCUT2D eigenvalue weighted by atomic mass is 16.6. The van der Waals surface area contributed by atoms with Crippen molar-refractivity contribution in [3.05, 3.63) is 0 Å². The maximum absolute atomic E-state index is 11.0. The first-order valence-electron chi connectivity index (χ1n) is 4.78. The van der Waals surface area contributed by atoms with Crippen molar-refractivity contribution in [3.8, 4) is 0 Å². The Morgan fingerprint density at radius 3 is 2.23 bits per heavy atom. The van der Waals surface area contributed by atoms with Gasteiger partial charge in [-0.05, 0) is 5.92 Å². The van der Waals surface area contributed by atoms with Crippen molar-refractivity contribution in [3.63, 3.8) is 0 Å². The minimum atomic E-state index is -0.159. The first-order valence-corrected chi connectivity index (χ1v) is 4.78. The smallest absolute Gasteiger partial charge is 0.308 e. The van der Waals surface area contributed by atoms with Crippen molar-refractivity contribution < 1.29 is 14.3 Å². The van der Waals surface area contributed by atoms with Crippen LogP contribution in [0.3, 0.4) is 0 Å². The Balaban J connectivity index is 3.21. The molecule has 0 saturated heterocycles. The molecular formula is C10H20O3. The summed E-state index contributed by atoms with van der Waals surface area (Å²) in [6, 6.07) is 0. The molecule has 3 nitrogen and oxygen atoms in total. The lowest BCUT2D eigenvalue weighted by Crippen LogP contribution is -2.16. The summed E-state index contributed by atoms with van der Waals surface area (Å²) in [4.78, 5) is 11.0. The fourth-order valence-electron chi connectivity index (χ4n) is 0.687. The van der Waals surface area contributed by atoms with Crippen LogP contribution in [-0.2, 0) is 14.3 Å². The van der Waals surface area contributed by atoms with Crippen molar-refractivity contribution in [1.82, 2.24) is 0 Å². The minimum Gasteiger partial charge on any atom is -0.463 e. The molecule has 0 aliphatic rings. The van der Waals surface area contributed by atoms with Crippen LogP contribution in [0.4, 0.5) is 0 Å². The van der Waals surface area contributed by atoms with E-state index in [1.807, 2.05) is 13.8 Å². The summed E-state index contributed by atoms with van der Waals surface area (Å²) in [6.45, 7) is 9.38. The molecule has 0 radical (unpaired) electrons. The second-order valence-corrected chi connectivity index (χ2v) is 3.79. The molecule has 0 spiro atoms. The van der Waals surface area contributed by atoms with Gasteiger partial charge in [0.2, 0.25) is 0 Å². The average Bonchev–Trinajstić information content (AvgIpc) is 2.02. The summed E-state index contributed by atoms with van der Waals surface area (Å²) in [5.74, 6) is 0.319. The summed E-state index contributed by atoms with van der Waals surface area (Å²) in [5.41, 5.74) is 0. The van der Waals surface area contributed by atoms with E-state index in [9.17, 15) is 4.79 Å². The number of esters is 1. The number of ether oxygens (including phenoxy) is 2. The highest BCUT2D eigenvalue weighted by Gasteiger charge is 2.07. The second-order valence-electron chi connectivity index (χ2n) is 3.79. The molecule has 0 unspecified atom stereocenters. The third kappa shape index (κ3) is 7.78. The van der Waals surface area contributed by atoms with Crippen LogP contribution in [0.5, 0.6) is 0 Å². The first-order chi connectivity index (χ1) is 6.04. The molecule has 0 atom stereocenters. The molecular weight excluding hydrogens is 168 g/mol. The van der Waals surface area contributed by atoms with Gasteiger partial charge in [-0.1, -0.05) is 27.7 Å². The molecule has 0 aliphatic heterocycles.